The van der Waals surface area contributed by atoms with Crippen LogP contribution in [-0.4, -0.2) is 50.5 Å². The smallest absolute Gasteiger partial charge is 0.408 e. The zero-order valence-corrected chi connectivity index (χ0v) is 28.8. The number of aliphatic hydroxyl groups is 1. The Morgan fingerprint density at radius 3 is 2.19 bits per heavy atom. The van der Waals surface area contributed by atoms with Crippen molar-refractivity contribution >= 4 is 23.7 Å². The van der Waals surface area contributed by atoms with E-state index < -0.39 is 22.8 Å². The zero-order valence-electron chi connectivity index (χ0n) is 28.8. The lowest BCUT2D eigenvalue weighted by molar-refractivity contribution is -0.122. The Morgan fingerprint density at radius 2 is 1.58 bits per heavy atom. The maximum Gasteiger partial charge on any atom is 0.408 e. The normalized spacial score (nSPS) is 23.8. The van der Waals surface area contributed by atoms with E-state index >= 15 is 0 Å². The van der Waals surface area contributed by atoms with Crippen molar-refractivity contribution in [2.24, 2.45) is 5.92 Å². The van der Waals surface area contributed by atoms with Gasteiger partial charge in [-0.2, -0.15) is 0 Å². The topological polar surface area (TPSA) is 143 Å². The number of amides is 3. The van der Waals surface area contributed by atoms with Gasteiger partial charge in [0.05, 0.1) is 11.1 Å². The number of hydrogen-bond acceptors (Lipinski definition) is 7. The van der Waals surface area contributed by atoms with Gasteiger partial charge < -0.3 is 25.8 Å². The molecule has 0 radical (unpaired) electrons. The van der Waals surface area contributed by atoms with Gasteiger partial charge in [-0.3, -0.25) is 9.59 Å². The van der Waals surface area contributed by atoms with Crippen molar-refractivity contribution in [1.82, 2.24) is 20.8 Å². The molecule has 10 heteroatoms. The minimum atomic E-state index is -0.898. The lowest BCUT2D eigenvalue weighted by atomic mass is 9.62. The summed E-state index contributed by atoms with van der Waals surface area (Å²) >= 11 is 0. The van der Waals surface area contributed by atoms with E-state index in [2.05, 4.69) is 26.1 Å². The first-order chi connectivity index (χ1) is 22.7. The fraction of sp³-hybridized carbons (Fsp3) is 0.500. The SMILES string of the molecule is CCCC(=O)NC1CCC(CC(=O)Nc2cc(-c3ccccc3)c(-c3ccc(C4(NC(=O)OC(C)(C)C)CC(C)(O)C4)cc3)nn2)CC1. The lowest BCUT2D eigenvalue weighted by Crippen LogP contribution is -2.62. The Labute approximate surface area is 283 Å². The highest BCUT2D eigenvalue weighted by Crippen LogP contribution is 2.48. The molecule has 1 aromatic heterocycles. The number of alkyl carbamates (subject to hydrolysis) is 1. The fourth-order valence-corrected chi connectivity index (χ4v) is 7.06. The highest BCUT2D eigenvalue weighted by atomic mass is 16.6. The largest absolute Gasteiger partial charge is 0.444 e. The summed E-state index contributed by atoms with van der Waals surface area (Å²) in [6.07, 6.45) is 5.54. The molecule has 3 aromatic rings. The second-order valence-electron chi connectivity index (χ2n) is 14.8. The summed E-state index contributed by atoms with van der Waals surface area (Å²) in [4.78, 5) is 37.8. The molecule has 0 atom stereocenters. The predicted octanol–water partition coefficient (Wildman–Crippen LogP) is 6.88. The van der Waals surface area contributed by atoms with Gasteiger partial charge in [0, 0.05) is 42.9 Å². The molecule has 256 valence electrons. The third-order valence-electron chi connectivity index (χ3n) is 9.13. The van der Waals surface area contributed by atoms with Crippen molar-refractivity contribution in [1.29, 1.82) is 0 Å². The summed E-state index contributed by atoms with van der Waals surface area (Å²) < 4.78 is 5.53. The van der Waals surface area contributed by atoms with Crippen molar-refractivity contribution in [2.45, 2.75) is 115 Å². The monoisotopic (exact) mass is 655 g/mol. The van der Waals surface area contributed by atoms with Crippen molar-refractivity contribution < 1.29 is 24.2 Å². The molecule has 0 unspecified atom stereocenters. The molecule has 10 nitrogen and oxygen atoms in total. The molecule has 2 aliphatic rings. The minimum Gasteiger partial charge on any atom is -0.444 e. The number of aromatic nitrogens is 2. The van der Waals surface area contributed by atoms with Crippen molar-refractivity contribution in [3.63, 3.8) is 0 Å². The predicted molar refractivity (Wildman–Crippen MR) is 186 cm³/mol. The average molecular weight is 656 g/mol. The Kier molecular flexibility index (Phi) is 10.5. The standard InChI is InChI=1S/C38H49N5O5/c1-6-10-32(44)39-29-19-13-25(14-20-29)21-33(45)40-31-22-30(26-11-8-7-9-12-26)34(43-42-31)27-15-17-28(18-16-27)38(23-37(5,47)24-38)41-35(46)48-36(2,3)4/h7-9,11-12,15-18,22,25,29,47H,6,10,13-14,19-21,23-24H2,1-5H3,(H,39,44)(H,41,46)(H,40,42,45). The number of rotatable bonds is 10. The molecule has 0 bridgehead atoms. The first-order valence-electron chi connectivity index (χ1n) is 17.1. The molecular formula is C38H49N5O5. The summed E-state index contributed by atoms with van der Waals surface area (Å²) in [5.41, 5.74) is 1.80. The maximum atomic E-state index is 13.1. The Balaban J connectivity index is 1.30. The molecular weight excluding hydrogens is 606 g/mol. The first kappa shape index (κ1) is 35.0. The fourth-order valence-electron chi connectivity index (χ4n) is 7.06. The molecule has 48 heavy (non-hydrogen) atoms. The molecule has 5 rings (SSSR count). The molecule has 1 heterocycles. The van der Waals surface area contributed by atoms with Crippen molar-refractivity contribution in [2.75, 3.05) is 5.32 Å². The van der Waals surface area contributed by atoms with Gasteiger partial charge in [0.15, 0.2) is 5.82 Å². The van der Waals surface area contributed by atoms with E-state index in [9.17, 15) is 19.5 Å². The molecule has 4 N–H and O–H groups in total. The molecule has 2 aromatic carbocycles. The second-order valence-corrected chi connectivity index (χ2v) is 14.8. The van der Waals surface area contributed by atoms with E-state index in [4.69, 9.17) is 4.74 Å². The zero-order chi connectivity index (χ0) is 34.5. The Morgan fingerprint density at radius 1 is 0.917 bits per heavy atom. The van der Waals surface area contributed by atoms with Gasteiger partial charge in [-0.1, -0.05) is 61.5 Å². The van der Waals surface area contributed by atoms with E-state index in [1.54, 1.807) is 6.92 Å². The summed E-state index contributed by atoms with van der Waals surface area (Å²) in [5, 5.41) is 28.7. The number of anilines is 1. The van der Waals surface area contributed by atoms with Crippen LogP contribution in [0.1, 0.15) is 98.0 Å². The van der Waals surface area contributed by atoms with Crippen LogP contribution in [0.3, 0.4) is 0 Å². The average Bonchev–Trinajstić information content (AvgIpc) is 3.00. The van der Waals surface area contributed by atoms with Crippen molar-refractivity contribution in [3.05, 3.63) is 66.2 Å². The quantitative estimate of drug-likeness (QED) is 0.187. The maximum absolute atomic E-state index is 13.1. The van der Waals surface area contributed by atoms with E-state index in [1.807, 2.05) is 88.4 Å². The van der Waals surface area contributed by atoms with Crippen LogP contribution in [0.25, 0.3) is 22.4 Å². The third kappa shape index (κ3) is 8.98. The lowest BCUT2D eigenvalue weighted by Gasteiger charge is -2.52. The van der Waals surface area contributed by atoms with E-state index in [1.165, 1.54) is 0 Å². The number of ether oxygens (including phenoxy) is 1. The van der Waals surface area contributed by atoms with Gasteiger partial charge in [0.2, 0.25) is 11.8 Å². The molecule has 2 saturated carbocycles. The molecule has 0 saturated heterocycles. The van der Waals surface area contributed by atoms with Crippen LogP contribution in [0.4, 0.5) is 10.6 Å². The highest BCUT2D eigenvalue weighted by molar-refractivity contribution is 5.91. The molecule has 2 aliphatic carbocycles. The van der Waals surface area contributed by atoms with Crippen LogP contribution in [0.2, 0.25) is 0 Å². The Bertz CT molecular complexity index is 1580. The van der Waals surface area contributed by atoms with Gasteiger partial charge >= 0.3 is 6.09 Å². The highest BCUT2D eigenvalue weighted by Gasteiger charge is 2.53. The molecule has 0 aliphatic heterocycles. The molecule has 3 amide bonds. The second kappa shape index (κ2) is 14.4. The van der Waals surface area contributed by atoms with Crippen LogP contribution < -0.4 is 16.0 Å². The summed E-state index contributed by atoms with van der Waals surface area (Å²) in [5.74, 6) is 0.656. The van der Waals surface area contributed by atoms with Crippen LogP contribution >= 0.6 is 0 Å². The van der Waals surface area contributed by atoms with Crippen molar-refractivity contribution in [3.8, 4) is 22.4 Å². The molecule has 0 spiro atoms. The van der Waals surface area contributed by atoms with Gasteiger partial charge in [0.1, 0.15) is 11.3 Å². The number of benzene rings is 2. The van der Waals surface area contributed by atoms with E-state index in [0.29, 0.717) is 37.2 Å². The summed E-state index contributed by atoms with van der Waals surface area (Å²) in [6, 6.07) is 19.7. The van der Waals surface area contributed by atoms with Crippen LogP contribution in [0.15, 0.2) is 60.7 Å². The van der Waals surface area contributed by atoms with Crippen LogP contribution in [0.5, 0.6) is 0 Å². The summed E-state index contributed by atoms with van der Waals surface area (Å²) in [7, 11) is 0. The first-order valence-corrected chi connectivity index (χ1v) is 17.1. The van der Waals surface area contributed by atoms with E-state index in [-0.39, 0.29) is 23.8 Å². The number of carbonyl (C=O) groups is 3. The molecule has 2 fully saturated rings. The third-order valence-corrected chi connectivity index (χ3v) is 9.13. The number of nitrogens with one attached hydrogen (secondary N) is 3. The van der Waals surface area contributed by atoms with Gasteiger partial charge in [-0.15, -0.1) is 10.2 Å². The number of hydrogen-bond donors (Lipinski definition) is 4. The number of nitrogens with zero attached hydrogens (tertiary/aromatic N) is 2. The number of carbonyl (C=O) groups excluding carboxylic acids is 3. The van der Waals surface area contributed by atoms with E-state index in [0.717, 1.165) is 54.4 Å². The van der Waals surface area contributed by atoms with Gasteiger partial charge in [0.25, 0.3) is 0 Å². The minimum absolute atomic E-state index is 0.0990. The van der Waals surface area contributed by atoms with Gasteiger partial charge in [-0.05, 0) is 82.9 Å². The van der Waals surface area contributed by atoms with Gasteiger partial charge in [-0.25, -0.2) is 4.79 Å². The van der Waals surface area contributed by atoms with Crippen LogP contribution in [0, 0.1) is 5.92 Å². The summed E-state index contributed by atoms with van der Waals surface area (Å²) in [6.45, 7) is 9.21. The Hall–Kier alpha value is -4.31. The van der Waals surface area contributed by atoms with Crippen LogP contribution in [-0.2, 0) is 19.9 Å².